The molecule has 0 spiro atoms. The molecule has 1 aromatic carbocycles. The Kier molecular flexibility index (Phi) is 5.34. The second-order valence-electron chi connectivity index (χ2n) is 6.51. The zero-order chi connectivity index (χ0) is 15.4. The van der Waals surface area contributed by atoms with Crippen LogP contribution in [0.2, 0.25) is 0 Å². The predicted molar refractivity (Wildman–Crippen MR) is 90.1 cm³/mol. The number of unbranched alkanes of at least 4 members (excludes halogenated alkanes) is 1. The zero-order valence-corrected chi connectivity index (χ0v) is 13.8. The molecule has 2 aliphatic heterocycles. The van der Waals surface area contributed by atoms with Gasteiger partial charge in [-0.15, -0.1) is 0 Å². The fraction of sp³-hybridized carbons (Fsp3) is 0.667. The molecular weight excluding hydrogens is 274 g/mol. The lowest BCUT2D eigenvalue weighted by Gasteiger charge is -2.24. The molecular formula is C18H29N3O. The van der Waals surface area contributed by atoms with Gasteiger partial charge in [-0.3, -0.25) is 4.90 Å². The minimum atomic E-state index is 0.358. The molecule has 1 aromatic rings. The maximum atomic E-state index is 6.04. The van der Waals surface area contributed by atoms with Gasteiger partial charge in [0, 0.05) is 24.7 Å². The van der Waals surface area contributed by atoms with E-state index in [-0.39, 0.29) is 0 Å². The van der Waals surface area contributed by atoms with Crippen LogP contribution < -0.4 is 10.5 Å². The fourth-order valence-electron chi connectivity index (χ4n) is 3.93. The van der Waals surface area contributed by atoms with Crippen molar-refractivity contribution in [1.82, 2.24) is 9.80 Å². The number of fused-ring (bicyclic) bond motifs is 1. The Bertz CT molecular complexity index is 485. The average Bonchev–Trinajstić information content (AvgIpc) is 3.18. The van der Waals surface area contributed by atoms with Crippen molar-refractivity contribution >= 4 is 0 Å². The molecule has 0 bridgehead atoms. The average molecular weight is 303 g/mol. The Morgan fingerprint density at radius 2 is 1.95 bits per heavy atom. The smallest absolute Gasteiger partial charge is 0.123 e. The Morgan fingerprint density at radius 3 is 2.68 bits per heavy atom. The summed E-state index contributed by atoms with van der Waals surface area (Å²) in [6.45, 7) is 6.66. The van der Waals surface area contributed by atoms with Crippen LogP contribution in [0.25, 0.3) is 0 Å². The molecule has 0 aliphatic carbocycles. The largest absolute Gasteiger partial charge is 0.496 e. The third-order valence-electron chi connectivity index (χ3n) is 5.14. The molecule has 22 heavy (non-hydrogen) atoms. The molecule has 2 aliphatic rings. The van der Waals surface area contributed by atoms with Crippen molar-refractivity contribution in [3.05, 3.63) is 29.3 Å². The molecule has 1 unspecified atom stereocenters. The molecule has 2 heterocycles. The summed E-state index contributed by atoms with van der Waals surface area (Å²) in [5, 5.41) is 0. The van der Waals surface area contributed by atoms with Crippen LogP contribution in [-0.2, 0) is 6.54 Å². The Hall–Kier alpha value is -1.10. The molecule has 2 N–H and O–H groups in total. The maximum absolute atomic E-state index is 6.04. The summed E-state index contributed by atoms with van der Waals surface area (Å²) in [6, 6.07) is 6.71. The Balaban J connectivity index is 1.53. The number of nitrogens with two attached hydrogens (primary N) is 1. The van der Waals surface area contributed by atoms with Crippen LogP contribution in [0.4, 0.5) is 0 Å². The summed E-state index contributed by atoms with van der Waals surface area (Å²) in [6.07, 6.45) is 5.32. The molecule has 0 amide bonds. The predicted octanol–water partition coefficient (Wildman–Crippen LogP) is 2.39. The quantitative estimate of drug-likeness (QED) is 0.785. The molecule has 0 aromatic heterocycles. The zero-order valence-electron chi connectivity index (χ0n) is 13.8. The van der Waals surface area contributed by atoms with Crippen LogP contribution >= 0.6 is 0 Å². The van der Waals surface area contributed by atoms with E-state index >= 15 is 0 Å². The van der Waals surface area contributed by atoms with Crippen molar-refractivity contribution in [3.8, 4) is 5.75 Å². The van der Waals surface area contributed by atoms with Crippen LogP contribution in [0.5, 0.6) is 5.75 Å². The van der Waals surface area contributed by atoms with Gasteiger partial charge in [0.2, 0.25) is 0 Å². The lowest BCUT2D eigenvalue weighted by molar-refractivity contribution is 0.209. The SMILES string of the molecule is COc1cccc2c1CN(CCCCN1CCCC1)C2CN. The molecule has 0 saturated carbocycles. The Morgan fingerprint density at radius 1 is 1.18 bits per heavy atom. The van der Waals surface area contributed by atoms with E-state index < -0.39 is 0 Å². The van der Waals surface area contributed by atoms with Crippen LogP contribution in [0, 0.1) is 0 Å². The van der Waals surface area contributed by atoms with E-state index in [0.29, 0.717) is 12.6 Å². The first-order valence-electron chi connectivity index (χ1n) is 8.65. The van der Waals surface area contributed by atoms with Crippen LogP contribution in [0.1, 0.15) is 42.9 Å². The summed E-state index contributed by atoms with van der Waals surface area (Å²) in [5.41, 5.74) is 8.74. The number of hydrogen-bond acceptors (Lipinski definition) is 4. The topological polar surface area (TPSA) is 41.7 Å². The van der Waals surface area contributed by atoms with Crippen molar-refractivity contribution in [2.75, 3.05) is 39.8 Å². The normalized spacial score (nSPS) is 22.2. The number of benzene rings is 1. The van der Waals surface area contributed by atoms with E-state index in [2.05, 4.69) is 28.0 Å². The highest BCUT2D eigenvalue weighted by Crippen LogP contribution is 2.38. The first-order valence-corrected chi connectivity index (χ1v) is 8.65. The van der Waals surface area contributed by atoms with E-state index in [1.165, 1.54) is 56.4 Å². The van der Waals surface area contributed by atoms with E-state index in [1.54, 1.807) is 7.11 Å². The van der Waals surface area contributed by atoms with Crippen LogP contribution in [0.3, 0.4) is 0 Å². The van der Waals surface area contributed by atoms with E-state index in [0.717, 1.165) is 18.8 Å². The van der Waals surface area contributed by atoms with Gasteiger partial charge < -0.3 is 15.4 Å². The highest BCUT2D eigenvalue weighted by Gasteiger charge is 2.30. The van der Waals surface area contributed by atoms with Crippen LogP contribution in [-0.4, -0.2) is 49.6 Å². The Labute approximate surface area is 134 Å². The first kappa shape index (κ1) is 15.8. The molecule has 1 atom stereocenters. The van der Waals surface area contributed by atoms with Gasteiger partial charge in [0.1, 0.15) is 5.75 Å². The number of ether oxygens (including phenoxy) is 1. The monoisotopic (exact) mass is 303 g/mol. The fourth-order valence-corrected chi connectivity index (χ4v) is 3.93. The van der Waals surface area contributed by atoms with Crippen molar-refractivity contribution in [2.24, 2.45) is 5.73 Å². The maximum Gasteiger partial charge on any atom is 0.123 e. The number of likely N-dealkylation sites (tertiary alicyclic amines) is 1. The first-order chi connectivity index (χ1) is 10.8. The lowest BCUT2D eigenvalue weighted by Crippen LogP contribution is -2.29. The third kappa shape index (κ3) is 3.29. The number of hydrogen-bond donors (Lipinski definition) is 1. The van der Waals surface area contributed by atoms with Crippen LogP contribution in [0.15, 0.2) is 18.2 Å². The van der Waals surface area contributed by atoms with Gasteiger partial charge in [-0.05, 0) is 63.5 Å². The summed E-state index contributed by atoms with van der Waals surface area (Å²) in [7, 11) is 1.76. The molecule has 1 saturated heterocycles. The van der Waals surface area contributed by atoms with E-state index in [9.17, 15) is 0 Å². The minimum absolute atomic E-state index is 0.358. The summed E-state index contributed by atoms with van der Waals surface area (Å²) >= 11 is 0. The highest BCUT2D eigenvalue weighted by atomic mass is 16.5. The van der Waals surface area contributed by atoms with Crippen molar-refractivity contribution in [3.63, 3.8) is 0 Å². The van der Waals surface area contributed by atoms with Gasteiger partial charge in [-0.2, -0.15) is 0 Å². The lowest BCUT2D eigenvalue weighted by atomic mass is 10.0. The van der Waals surface area contributed by atoms with Gasteiger partial charge in [0.25, 0.3) is 0 Å². The number of nitrogens with zero attached hydrogens (tertiary/aromatic N) is 2. The third-order valence-corrected chi connectivity index (χ3v) is 5.14. The second kappa shape index (κ2) is 7.44. The summed E-state index contributed by atoms with van der Waals surface area (Å²) in [4.78, 5) is 5.12. The number of methoxy groups -OCH3 is 1. The van der Waals surface area contributed by atoms with Gasteiger partial charge in [0.05, 0.1) is 7.11 Å². The summed E-state index contributed by atoms with van der Waals surface area (Å²) in [5.74, 6) is 1.01. The molecule has 122 valence electrons. The molecule has 0 radical (unpaired) electrons. The van der Waals surface area contributed by atoms with E-state index in [1.807, 2.05) is 0 Å². The van der Waals surface area contributed by atoms with Gasteiger partial charge >= 0.3 is 0 Å². The van der Waals surface area contributed by atoms with Crippen molar-refractivity contribution in [1.29, 1.82) is 0 Å². The minimum Gasteiger partial charge on any atom is -0.496 e. The van der Waals surface area contributed by atoms with Gasteiger partial charge in [-0.1, -0.05) is 12.1 Å². The van der Waals surface area contributed by atoms with Crippen molar-refractivity contribution in [2.45, 2.75) is 38.3 Å². The molecule has 4 heteroatoms. The number of rotatable bonds is 7. The van der Waals surface area contributed by atoms with Gasteiger partial charge in [-0.25, -0.2) is 0 Å². The second-order valence-corrected chi connectivity index (χ2v) is 6.51. The van der Waals surface area contributed by atoms with Crippen molar-refractivity contribution < 1.29 is 4.74 Å². The standard InChI is InChI=1S/C18H29N3O/c1-22-18-8-6-7-15-16(18)14-21(17(15)13-19)12-5-4-11-20-9-2-3-10-20/h6-8,17H,2-5,9-14,19H2,1H3. The highest BCUT2D eigenvalue weighted by molar-refractivity contribution is 5.44. The van der Waals surface area contributed by atoms with Gasteiger partial charge in [0.15, 0.2) is 0 Å². The van der Waals surface area contributed by atoms with E-state index in [4.69, 9.17) is 10.5 Å². The molecule has 4 nitrogen and oxygen atoms in total. The molecule has 1 fully saturated rings. The summed E-state index contributed by atoms with van der Waals surface area (Å²) < 4.78 is 5.52. The molecule has 3 rings (SSSR count).